The van der Waals surface area contributed by atoms with Gasteiger partial charge in [-0.3, -0.25) is 9.58 Å². The van der Waals surface area contributed by atoms with E-state index < -0.39 is 0 Å². The summed E-state index contributed by atoms with van der Waals surface area (Å²) in [6.07, 6.45) is 6.26. The first-order valence-electron chi connectivity index (χ1n) is 8.47. The molecule has 2 fully saturated rings. The summed E-state index contributed by atoms with van der Waals surface area (Å²) in [5.74, 6) is 0. The predicted molar refractivity (Wildman–Crippen MR) is 91.8 cm³/mol. The molecular weight excluding hydrogens is 324 g/mol. The SMILES string of the molecule is Cc1nc(CO[C@H]2CCOC3(C2)CN(Cc2cnn(C)c2)C3)cs1. The molecule has 0 radical (unpaired) electrons. The number of aryl methyl sites for hydroxylation is 2. The second-order valence-electron chi connectivity index (χ2n) is 6.98. The van der Waals surface area contributed by atoms with Crippen LogP contribution in [0.4, 0.5) is 0 Å². The molecule has 0 N–H and O–H groups in total. The predicted octanol–water partition coefficient (Wildman–Crippen LogP) is 2.14. The third-order valence-electron chi connectivity index (χ3n) is 4.77. The van der Waals surface area contributed by atoms with Crippen LogP contribution in [-0.4, -0.2) is 51.1 Å². The lowest BCUT2D eigenvalue weighted by Crippen LogP contribution is -2.65. The minimum Gasteiger partial charge on any atom is -0.372 e. The van der Waals surface area contributed by atoms with E-state index in [4.69, 9.17) is 9.47 Å². The first-order chi connectivity index (χ1) is 11.6. The van der Waals surface area contributed by atoms with Crippen molar-refractivity contribution >= 4 is 11.3 Å². The van der Waals surface area contributed by atoms with Crippen LogP contribution in [0, 0.1) is 6.92 Å². The van der Waals surface area contributed by atoms with Crippen LogP contribution in [0.15, 0.2) is 17.8 Å². The third-order valence-corrected chi connectivity index (χ3v) is 5.59. The lowest BCUT2D eigenvalue weighted by molar-refractivity contribution is -0.200. The van der Waals surface area contributed by atoms with Crippen LogP contribution >= 0.6 is 11.3 Å². The number of likely N-dealkylation sites (tertiary alicyclic amines) is 1. The van der Waals surface area contributed by atoms with Crippen molar-refractivity contribution in [2.24, 2.45) is 7.05 Å². The van der Waals surface area contributed by atoms with Crippen LogP contribution in [0.2, 0.25) is 0 Å². The number of nitrogens with zero attached hydrogens (tertiary/aromatic N) is 4. The van der Waals surface area contributed by atoms with Gasteiger partial charge in [0.25, 0.3) is 0 Å². The van der Waals surface area contributed by atoms with Gasteiger partial charge in [0, 0.05) is 56.9 Å². The second-order valence-corrected chi connectivity index (χ2v) is 8.04. The Labute approximate surface area is 146 Å². The summed E-state index contributed by atoms with van der Waals surface area (Å²) in [5, 5.41) is 7.42. The van der Waals surface area contributed by atoms with Gasteiger partial charge in [-0.2, -0.15) is 5.10 Å². The minimum absolute atomic E-state index is 0.0108. The Morgan fingerprint density at radius 2 is 2.33 bits per heavy atom. The molecule has 0 aliphatic carbocycles. The maximum absolute atomic E-state index is 6.10. The monoisotopic (exact) mass is 348 g/mol. The molecule has 130 valence electrons. The van der Waals surface area contributed by atoms with E-state index >= 15 is 0 Å². The van der Waals surface area contributed by atoms with Crippen LogP contribution in [0.1, 0.15) is 29.1 Å². The normalized spacial score (nSPS) is 23.5. The Balaban J connectivity index is 1.26. The van der Waals surface area contributed by atoms with Crippen molar-refractivity contribution in [2.45, 2.75) is 44.6 Å². The number of rotatable bonds is 5. The van der Waals surface area contributed by atoms with Gasteiger partial charge in [0.15, 0.2) is 0 Å². The van der Waals surface area contributed by atoms with Gasteiger partial charge >= 0.3 is 0 Å². The van der Waals surface area contributed by atoms with E-state index in [0.717, 1.165) is 49.8 Å². The highest BCUT2D eigenvalue weighted by atomic mass is 32.1. The molecule has 1 spiro atoms. The molecule has 4 rings (SSSR count). The van der Waals surface area contributed by atoms with Crippen LogP contribution in [0.5, 0.6) is 0 Å². The Morgan fingerprint density at radius 1 is 1.46 bits per heavy atom. The van der Waals surface area contributed by atoms with Gasteiger partial charge in [0.05, 0.1) is 35.2 Å². The summed E-state index contributed by atoms with van der Waals surface area (Å²) in [4.78, 5) is 6.89. The molecule has 1 atom stereocenters. The Hall–Kier alpha value is -1.28. The molecule has 0 bridgehead atoms. The topological polar surface area (TPSA) is 52.4 Å². The quantitative estimate of drug-likeness (QED) is 0.829. The van der Waals surface area contributed by atoms with Gasteiger partial charge < -0.3 is 9.47 Å². The fourth-order valence-electron chi connectivity index (χ4n) is 3.72. The van der Waals surface area contributed by atoms with Crippen molar-refractivity contribution in [3.05, 3.63) is 34.0 Å². The highest BCUT2D eigenvalue weighted by Gasteiger charge is 2.47. The summed E-state index contributed by atoms with van der Waals surface area (Å²) in [7, 11) is 1.96. The second kappa shape index (κ2) is 6.55. The minimum atomic E-state index is -0.0108. The van der Waals surface area contributed by atoms with Gasteiger partial charge in [-0.15, -0.1) is 11.3 Å². The molecule has 2 aromatic rings. The van der Waals surface area contributed by atoms with Crippen molar-refractivity contribution in [1.29, 1.82) is 0 Å². The maximum atomic E-state index is 6.10. The Kier molecular flexibility index (Phi) is 4.42. The molecule has 2 aliphatic heterocycles. The van der Waals surface area contributed by atoms with E-state index in [2.05, 4.69) is 26.6 Å². The molecule has 7 heteroatoms. The molecule has 0 aromatic carbocycles. The highest BCUT2D eigenvalue weighted by molar-refractivity contribution is 7.09. The average Bonchev–Trinajstić information content (AvgIpc) is 3.13. The van der Waals surface area contributed by atoms with Gasteiger partial charge in [-0.1, -0.05) is 0 Å². The van der Waals surface area contributed by atoms with Crippen LogP contribution < -0.4 is 0 Å². The summed E-state index contributed by atoms with van der Waals surface area (Å²) in [6, 6.07) is 0. The van der Waals surface area contributed by atoms with Crippen molar-refractivity contribution < 1.29 is 9.47 Å². The van der Waals surface area contributed by atoms with Crippen molar-refractivity contribution in [3.63, 3.8) is 0 Å². The highest BCUT2D eigenvalue weighted by Crippen LogP contribution is 2.36. The van der Waals surface area contributed by atoms with Crippen LogP contribution in [0.3, 0.4) is 0 Å². The van der Waals surface area contributed by atoms with Gasteiger partial charge in [0.2, 0.25) is 0 Å². The molecule has 0 amide bonds. The van der Waals surface area contributed by atoms with Crippen molar-refractivity contribution in [2.75, 3.05) is 19.7 Å². The molecule has 6 nitrogen and oxygen atoms in total. The molecule has 0 saturated carbocycles. The smallest absolute Gasteiger partial charge is 0.0959 e. The Morgan fingerprint density at radius 3 is 3.04 bits per heavy atom. The molecule has 0 unspecified atom stereocenters. The maximum Gasteiger partial charge on any atom is 0.0959 e. The summed E-state index contributed by atoms with van der Waals surface area (Å²) in [5.41, 5.74) is 2.29. The number of aromatic nitrogens is 3. The zero-order valence-corrected chi connectivity index (χ0v) is 15.1. The molecule has 24 heavy (non-hydrogen) atoms. The molecular formula is C17H24N4O2S. The van der Waals surface area contributed by atoms with Gasteiger partial charge in [-0.05, 0) is 13.3 Å². The standard InChI is InChI=1S/C17H24N4O2S/c1-13-19-15(10-24-13)9-22-16-3-4-23-17(5-16)11-21(12-17)8-14-6-18-20(2)7-14/h6-7,10,16H,3-5,8-9,11-12H2,1-2H3/t16-/m0/s1. The van der Waals surface area contributed by atoms with E-state index in [1.54, 1.807) is 11.3 Å². The number of hydrogen-bond acceptors (Lipinski definition) is 6. The van der Waals surface area contributed by atoms with E-state index in [1.807, 2.05) is 24.9 Å². The fraction of sp³-hybridized carbons (Fsp3) is 0.647. The summed E-state index contributed by atoms with van der Waals surface area (Å²) < 4.78 is 14.1. The van der Waals surface area contributed by atoms with Gasteiger partial charge in [0.1, 0.15) is 0 Å². The van der Waals surface area contributed by atoms with Crippen LogP contribution in [0.25, 0.3) is 0 Å². The molecule has 4 heterocycles. The first-order valence-corrected chi connectivity index (χ1v) is 9.35. The van der Waals surface area contributed by atoms with Crippen LogP contribution in [-0.2, 0) is 29.7 Å². The first kappa shape index (κ1) is 16.2. The van der Waals surface area contributed by atoms with Crippen molar-refractivity contribution in [1.82, 2.24) is 19.7 Å². The van der Waals surface area contributed by atoms with E-state index in [-0.39, 0.29) is 11.7 Å². The third kappa shape index (κ3) is 3.54. The zero-order valence-electron chi connectivity index (χ0n) is 14.3. The van der Waals surface area contributed by atoms with E-state index in [9.17, 15) is 0 Å². The number of thiazole rings is 1. The molecule has 2 aliphatic rings. The van der Waals surface area contributed by atoms with E-state index in [0.29, 0.717) is 6.61 Å². The lowest BCUT2D eigenvalue weighted by atomic mass is 9.84. The number of hydrogen-bond donors (Lipinski definition) is 0. The van der Waals surface area contributed by atoms with E-state index in [1.165, 1.54) is 5.56 Å². The average molecular weight is 348 g/mol. The number of ether oxygens (including phenoxy) is 2. The summed E-state index contributed by atoms with van der Waals surface area (Å²) >= 11 is 1.68. The zero-order chi connectivity index (χ0) is 16.6. The molecule has 2 aromatic heterocycles. The Bertz CT molecular complexity index is 692. The van der Waals surface area contributed by atoms with Gasteiger partial charge in [-0.25, -0.2) is 4.98 Å². The molecule has 2 saturated heterocycles. The fourth-order valence-corrected chi connectivity index (χ4v) is 4.31. The summed E-state index contributed by atoms with van der Waals surface area (Å²) in [6.45, 7) is 6.35. The van der Waals surface area contributed by atoms with Crippen molar-refractivity contribution in [3.8, 4) is 0 Å². The lowest BCUT2D eigenvalue weighted by Gasteiger charge is -2.53. The largest absolute Gasteiger partial charge is 0.372 e.